The lowest BCUT2D eigenvalue weighted by molar-refractivity contribution is -0.119. The van der Waals surface area contributed by atoms with Gasteiger partial charge in [0.25, 0.3) is 5.56 Å². The average molecular weight is 482 g/mol. The highest BCUT2D eigenvalue weighted by molar-refractivity contribution is 7.99. The predicted octanol–water partition coefficient (Wildman–Crippen LogP) is 4.50. The molecule has 33 heavy (non-hydrogen) atoms. The third-order valence-corrected chi connectivity index (χ3v) is 8.44. The summed E-state index contributed by atoms with van der Waals surface area (Å²) in [6, 6.07) is 7.73. The molecule has 0 fully saturated rings. The molecule has 2 unspecified atom stereocenters. The molecular formula is C25H27N3O3S2. The van der Waals surface area contributed by atoms with E-state index in [2.05, 4.69) is 18.8 Å². The van der Waals surface area contributed by atoms with Crippen molar-refractivity contribution in [1.29, 1.82) is 0 Å². The van der Waals surface area contributed by atoms with Crippen LogP contribution in [0.25, 0.3) is 10.2 Å². The third-order valence-electron chi connectivity index (χ3n) is 6.32. The Bertz CT molecular complexity index is 1280. The van der Waals surface area contributed by atoms with Crippen molar-refractivity contribution in [3.8, 4) is 5.75 Å². The highest BCUT2D eigenvalue weighted by atomic mass is 32.2. The van der Waals surface area contributed by atoms with Gasteiger partial charge in [0.05, 0.1) is 23.8 Å². The SMILES string of the molecule is C=CCn1c(SCC(=O)NC2CCOc3ccccc32)nc2sc3c(c2c1=O)CCC(C)C3. The molecule has 2 atom stereocenters. The zero-order chi connectivity index (χ0) is 22.9. The van der Waals surface area contributed by atoms with Crippen molar-refractivity contribution in [3.63, 3.8) is 0 Å². The molecule has 1 N–H and O–H groups in total. The molecule has 1 aromatic carbocycles. The molecule has 5 rings (SSSR count). The number of rotatable bonds is 6. The number of benzene rings is 1. The van der Waals surface area contributed by atoms with Gasteiger partial charge in [-0.25, -0.2) is 4.98 Å². The zero-order valence-corrected chi connectivity index (χ0v) is 20.3. The van der Waals surface area contributed by atoms with Gasteiger partial charge in [-0.3, -0.25) is 14.2 Å². The van der Waals surface area contributed by atoms with Crippen LogP contribution in [0, 0.1) is 5.92 Å². The molecule has 1 amide bonds. The first-order valence-electron chi connectivity index (χ1n) is 11.3. The quantitative estimate of drug-likeness (QED) is 0.319. The summed E-state index contributed by atoms with van der Waals surface area (Å²) in [6.07, 6.45) is 5.49. The Morgan fingerprint density at radius 2 is 2.24 bits per heavy atom. The second kappa shape index (κ2) is 9.35. The van der Waals surface area contributed by atoms with Gasteiger partial charge in [-0.15, -0.1) is 17.9 Å². The van der Waals surface area contributed by atoms with Crippen LogP contribution in [0.3, 0.4) is 0 Å². The number of nitrogens with one attached hydrogen (secondary N) is 1. The highest BCUT2D eigenvalue weighted by Gasteiger charge is 2.26. The van der Waals surface area contributed by atoms with Crippen LogP contribution in [-0.4, -0.2) is 27.8 Å². The Morgan fingerprint density at radius 1 is 1.39 bits per heavy atom. The Kier molecular flexibility index (Phi) is 6.29. The number of ether oxygens (including phenoxy) is 1. The molecule has 0 bridgehead atoms. The van der Waals surface area contributed by atoms with Crippen molar-refractivity contribution in [1.82, 2.24) is 14.9 Å². The molecular weight excluding hydrogens is 454 g/mol. The maximum Gasteiger partial charge on any atom is 0.263 e. The minimum Gasteiger partial charge on any atom is -0.493 e. The number of para-hydroxylation sites is 1. The average Bonchev–Trinajstić information content (AvgIpc) is 3.17. The number of nitrogens with zero attached hydrogens (tertiary/aromatic N) is 2. The van der Waals surface area contributed by atoms with Gasteiger partial charge in [-0.1, -0.05) is 43.0 Å². The number of thioether (sulfide) groups is 1. The Morgan fingerprint density at radius 3 is 3.09 bits per heavy atom. The molecule has 3 heterocycles. The van der Waals surface area contributed by atoms with Crippen molar-refractivity contribution in [2.24, 2.45) is 5.92 Å². The molecule has 172 valence electrons. The second-order valence-electron chi connectivity index (χ2n) is 8.71. The lowest BCUT2D eigenvalue weighted by Crippen LogP contribution is -2.33. The maximum atomic E-state index is 13.4. The zero-order valence-electron chi connectivity index (χ0n) is 18.6. The lowest BCUT2D eigenvalue weighted by atomic mass is 9.89. The van der Waals surface area contributed by atoms with Gasteiger partial charge < -0.3 is 10.1 Å². The molecule has 0 radical (unpaired) electrons. The number of thiophene rings is 1. The monoisotopic (exact) mass is 481 g/mol. The van der Waals surface area contributed by atoms with E-state index >= 15 is 0 Å². The van der Waals surface area contributed by atoms with E-state index in [9.17, 15) is 9.59 Å². The van der Waals surface area contributed by atoms with Gasteiger partial charge in [0.15, 0.2) is 5.16 Å². The smallest absolute Gasteiger partial charge is 0.263 e. The summed E-state index contributed by atoms with van der Waals surface area (Å²) in [7, 11) is 0. The predicted molar refractivity (Wildman–Crippen MR) is 133 cm³/mol. The van der Waals surface area contributed by atoms with Crippen molar-refractivity contribution in [2.75, 3.05) is 12.4 Å². The topological polar surface area (TPSA) is 73.2 Å². The number of aromatic nitrogens is 2. The van der Waals surface area contributed by atoms with Gasteiger partial charge >= 0.3 is 0 Å². The van der Waals surface area contributed by atoms with E-state index in [1.165, 1.54) is 22.2 Å². The standard InChI is InChI=1S/C25H27N3O3S2/c1-3-11-28-24(30)22-17-9-8-15(2)13-20(17)33-23(22)27-25(28)32-14-21(29)26-18-10-12-31-19-7-5-4-6-16(18)19/h3-7,15,18H,1,8-14H2,2H3,(H,26,29). The van der Waals surface area contributed by atoms with Gasteiger partial charge in [-0.05, 0) is 36.8 Å². The number of hydrogen-bond donors (Lipinski definition) is 1. The van der Waals surface area contributed by atoms with E-state index < -0.39 is 0 Å². The fraction of sp³-hybridized carbons (Fsp3) is 0.400. The molecule has 0 saturated heterocycles. The molecule has 0 saturated carbocycles. The van der Waals surface area contributed by atoms with Gasteiger partial charge in [0, 0.05) is 23.4 Å². The van der Waals surface area contributed by atoms with Crippen molar-refractivity contribution < 1.29 is 9.53 Å². The van der Waals surface area contributed by atoms with Crippen molar-refractivity contribution in [3.05, 3.63) is 63.3 Å². The molecule has 3 aromatic rings. The number of allylic oxidation sites excluding steroid dienone is 1. The number of hydrogen-bond acceptors (Lipinski definition) is 6. The fourth-order valence-electron chi connectivity index (χ4n) is 4.66. The van der Waals surface area contributed by atoms with E-state index in [1.54, 1.807) is 22.0 Å². The molecule has 2 aliphatic rings. The van der Waals surface area contributed by atoms with Crippen molar-refractivity contribution in [2.45, 2.75) is 50.4 Å². The summed E-state index contributed by atoms with van der Waals surface area (Å²) in [4.78, 5) is 33.1. The fourth-order valence-corrected chi connectivity index (χ4v) is 6.91. The summed E-state index contributed by atoms with van der Waals surface area (Å²) in [5.74, 6) is 1.57. The van der Waals surface area contributed by atoms with E-state index in [1.807, 2.05) is 24.3 Å². The van der Waals surface area contributed by atoms with Crippen LogP contribution in [0.2, 0.25) is 0 Å². The molecule has 0 spiro atoms. The van der Waals surface area contributed by atoms with Crippen molar-refractivity contribution >= 4 is 39.2 Å². The Hall–Kier alpha value is -2.58. The lowest BCUT2D eigenvalue weighted by Gasteiger charge is -2.26. The summed E-state index contributed by atoms with van der Waals surface area (Å²) >= 11 is 2.94. The Labute approximate surface area is 201 Å². The van der Waals surface area contributed by atoms with Crippen LogP contribution in [0.5, 0.6) is 5.75 Å². The number of carbonyl (C=O) groups is 1. The third kappa shape index (κ3) is 4.34. The number of fused-ring (bicyclic) bond motifs is 4. The summed E-state index contributed by atoms with van der Waals surface area (Å²) in [5.41, 5.74) is 2.16. The van der Waals surface area contributed by atoms with Crippen LogP contribution in [0.1, 0.15) is 41.8 Å². The second-order valence-corrected chi connectivity index (χ2v) is 10.7. The first kappa shape index (κ1) is 22.2. The van der Waals surface area contributed by atoms with Gasteiger partial charge in [0.1, 0.15) is 10.6 Å². The van der Waals surface area contributed by atoms with E-state index in [0.717, 1.165) is 47.2 Å². The molecule has 6 nitrogen and oxygen atoms in total. The van der Waals surface area contributed by atoms with Gasteiger partial charge in [-0.2, -0.15) is 0 Å². The van der Waals surface area contributed by atoms with E-state index in [0.29, 0.717) is 24.2 Å². The number of carbonyl (C=O) groups excluding carboxylic acids is 1. The largest absolute Gasteiger partial charge is 0.493 e. The molecule has 1 aliphatic heterocycles. The van der Waals surface area contributed by atoms with E-state index in [-0.39, 0.29) is 23.3 Å². The van der Waals surface area contributed by atoms with Gasteiger partial charge in [0.2, 0.25) is 5.91 Å². The van der Waals surface area contributed by atoms with Crippen LogP contribution in [0.4, 0.5) is 0 Å². The normalized spacial score (nSPS) is 19.4. The van der Waals surface area contributed by atoms with Crippen LogP contribution in [-0.2, 0) is 24.2 Å². The molecule has 8 heteroatoms. The number of amides is 1. The van der Waals surface area contributed by atoms with Crippen LogP contribution >= 0.6 is 23.1 Å². The Balaban J connectivity index is 1.37. The number of aryl methyl sites for hydroxylation is 1. The summed E-state index contributed by atoms with van der Waals surface area (Å²) < 4.78 is 7.34. The molecule has 1 aliphatic carbocycles. The summed E-state index contributed by atoms with van der Waals surface area (Å²) in [5, 5.41) is 4.45. The maximum absolute atomic E-state index is 13.4. The minimum absolute atomic E-state index is 0.0202. The summed E-state index contributed by atoms with van der Waals surface area (Å²) in [6.45, 7) is 7.02. The van der Waals surface area contributed by atoms with E-state index in [4.69, 9.17) is 9.72 Å². The molecule has 2 aromatic heterocycles. The highest BCUT2D eigenvalue weighted by Crippen LogP contribution is 2.37. The minimum atomic E-state index is -0.0829. The first-order chi connectivity index (χ1) is 16.0. The first-order valence-corrected chi connectivity index (χ1v) is 13.1. The van der Waals surface area contributed by atoms with Crippen LogP contribution in [0.15, 0.2) is 46.9 Å². The van der Waals surface area contributed by atoms with Crippen LogP contribution < -0.4 is 15.6 Å².